The van der Waals surface area contributed by atoms with Crippen LogP contribution in [0.2, 0.25) is 16.6 Å². The monoisotopic (exact) mass is 400 g/mol. The molecule has 1 N–H and O–H groups in total. The Kier molecular flexibility index (Phi) is 4.64. The van der Waals surface area contributed by atoms with Crippen LogP contribution in [0.1, 0.15) is 41.5 Å². The highest BCUT2D eigenvalue weighted by Gasteiger charge is 2.45. The number of halogens is 1. The topological polar surface area (TPSA) is 28.7 Å². The smallest absolute Gasteiger partial charge is 0.138 e. The number of hydrogen-bond donors (Lipinski definition) is 1. The van der Waals surface area contributed by atoms with E-state index in [2.05, 4.69) is 86.4 Å². The van der Waals surface area contributed by atoms with Crippen molar-refractivity contribution < 1.29 is 0 Å². The predicted molar refractivity (Wildman–Crippen MR) is 99.5 cm³/mol. The molecular weight excluding hydrogens is 375 g/mol. The van der Waals surface area contributed by atoms with Crippen molar-refractivity contribution in [1.29, 1.82) is 0 Å². The van der Waals surface area contributed by atoms with Gasteiger partial charge in [0.05, 0.1) is 8.07 Å². The maximum Gasteiger partial charge on any atom is 0.138 e. The van der Waals surface area contributed by atoms with Crippen molar-refractivity contribution >= 4 is 46.9 Å². The summed E-state index contributed by atoms with van der Waals surface area (Å²) in [6.07, 6.45) is 4.07. The van der Waals surface area contributed by atoms with Gasteiger partial charge in [-0.25, -0.2) is 4.98 Å². The molecule has 0 aliphatic rings. The van der Waals surface area contributed by atoms with E-state index >= 15 is 0 Å². The van der Waals surface area contributed by atoms with Gasteiger partial charge in [0.1, 0.15) is 5.65 Å². The molecule has 0 saturated heterocycles. The highest BCUT2D eigenvalue weighted by Crippen LogP contribution is 2.42. The van der Waals surface area contributed by atoms with Crippen LogP contribution in [0.5, 0.6) is 0 Å². The minimum Gasteiger partial charge on any atom is -0.345 e. The van der Waals surface area contributed by atoms with Crippen LogP contribution < -0.4 is 5.19 Å². The van der Waals surface area contributed by atoms with E-state index in [-0.39, 0.29) is 0 Å². The Morgan fingerprint density at radius 2 is 1.60 bits per heavy atom. The Bertz CT molecular complexity index is 580. The molecule has 2 heterocycles. The first-order chi connectivity index (χ1) is 9.33. The normalized spacial score (nSPS) is 13.1. The fourth-order valence-electron chi connectivity index (χ4n) is 4.31. The quantitative estimate of drug-likeness (QED) is 0.565. The SMILES string of the molecule is CC(C)[Si](c1ccnc2[nH]cc(I)c12)(C(C)C)C(C)C. The number of H-pyrrole nitrogens is 1. The second-order valence-electron chi connectivity index (χ2n) is 6.62. The van der Waals surface area contributed by atoms with Crippen LogP contribution in [0.15, 0.2) is 18.5 Å². The van der Waals surface area contributed by atoms with Gasteiger partial charge in [-0.15, -0.1) is 0 Å². The highest BCUT2D eigenvalue weighted by molar-refractivity contribution is 14.1. The fourth-order valence-corrected chi connectivity index (χ4v) is 12.2. The summed E-state index contributed by atoms with van der Waals surface area (Å²) in [7, 11) is -1.63. The van der Waals surface area contributed by atoms with Gasteiger partial charge in [-0.1, -0.05) is 41.5 Å². The van der Waals surface area contributed by atoms with Crippen molar-refractivity contribution in [2.75, 3.05) is 0 Å². The molecule has 2 nitrogen and oxygen atoms in total. The first-order valence-electron chi connectivity index (χ1n) is 7.45. The van der Waals surface area contributed by atoms with Crippen molar-refractivity contribution in [3.05, 3.63) is 22.0 Å². The minimum absolute atomic E-state index is 0.721. The van der Waals surface area contributed by atoms with Gasteiger partial charge in [-0.2, -0.15) is 0 Å². The van der Waals surface area contributed by atoms with Crippen LogP contribution in [-0.2, 0) is 0 Å². The van der Waals surface area contributed by atoms with Gasteiger partial charge in [0, 0.05) is 21.4 Å². The Hall–Kier alpha value is -0.363. The van der Waals surface area contributed by atoms with Gasteiger partial charge >= 0.3 is 0 Å². The number of aromatic nitrogens is 2. The maximum absolute atomic E-state index is 4.52. The second-order valence-corrected chi connectivity index (χ2v) is 13.6. The molecule has 0 amide bonds. The summed E-state index contributed by atoms with van der Waals surface area (Å²) >= 11 is 2.44. The predicted octanol–water partition coefficient (Wildman–Crippen LogP) is 5.05. The van der Waals surface area contributed by atoms with Crippen LogP contribution in [0.3, 0.4) is 0 Å². The van der Waals surface area contributed by atoms with Crippen LogP contribution in [-0.4, -0.2) is 18.0 Å². The summed E-state index contributed by atoms with van der Waals surface area (Å²) in [4.78, 5) is 7.84. The van der Waals surface area contributed by atoms with Crippen molar-refractivity contribution in [2.45, 2.75) is 58.2 Å². The molecule has 2 rings (SSSR count). The van der Waals surface area contributed by atoms with E-state index in [1.165, 1.54) is 8.96 Å². The van der Waals surface area contributed by atoms with Gasteiger partial charge in [0.2, 0.25) is 0 Å². The zero-order valence-corrected chi connectivity index (χ0v) is 16.4. The summed E-state index contributed by atoms with van der Waals surface area (Å²) < 4.78 is 1.31. The van der Waals surface area contributed by atoms with Gasteiger partial charge < -0.3 is 4.98 Å². The van der Waals surface area contributed by atoms with E-state index in [1.54, 1.807) is 5.19 Å². The number of aromatic amines is 1. The molecule has 0 aliphatic carbocycles. The number of hydrogen-bond acceptors (Lipinski definition) is 1. The molecule has 0 fully saturated rings. The summed E-state index contributed by atoms with van der Waals surface area (Å²) in [6.45, 7) is 14.5. The van der Waals surface area contributed by atoms with E-state index in [9.17, 15) is 0 Å². The number of pyridine rings is 1. The standard InChI is InChI=1S/C16H25IN2Si/c1-10(2)20(11(3)4,12(5)6)14-7-8-18-16-15(14)13(17)9-19-16/h7-12H,1-6H3,(H,18,19). The average Bonchev–Trinajstić information content (AvgIpc) is 2.71. The summed E-state index contributed by atoms with van der Waals surface area (Å²) in [5, 5.41) is 2.96. The number of rotatable bonds is 4. The first kappa shape index (κ1) is 16.0. The number of nitrogens with zero attached hydrogens (tertiary/aromatic N) is 1. The average molecular weight is 400 g/mol. The van der Waals surface area contributed by atoms with Crippen molar-refractivity contribution in [3.63, 3.8) is 0 Å². The minimum atomic E-state index is -1.63. The molecule has 0 bridgehead atoms. The lowest BCUT2D eigenvalue weighted by atomic mass is 10.3. The Balaban J connectivity index is 2.85. The van der Waals surface area contributed by atoms with E-state index < -0.39 is 8.07 Å². The van der Waals surface area contributed by atoms with Gasteiger partial charge in [0.25, 0.3) is 0 Å². The Morgan fingerprint density at radius 3 is 2.10 bits per heavy atom. The lowest BCUT2D eigenvalue weighted by molar-refractivity contribution is 0.835. The second kappa shape index (κ2) is 5.79. The molecule has 2 aromatic rings. The number of nitrogens with one attached hydrogen (secondary N) is 1. The third kappa shape index (κ3) is 2.24. The maximum atomic E-state index is 4.52. The molecular formula is C16H25IN2Si. The van der Waals surface area contributed by atoms with E-state index in [0.717, 1.165) is 22.3 Å². The number of fused-ring (bicyclic) bond motifs is 1. The molecule has 4 heteroatoms. The van der Waals surface area contributed by atoms with Crippen molar-refractivity contribution in [1.82, 2.24) is 9.97 Å². The first-order valence-corrected chi connectivity index (χ1v) is 10.8. The molecule has 0 spiro atoms. The van der Waals surface area contributed by atoms with E-state index in [4.69, 9.17) is 0 Å². The van der Waals surface area contributed by atoms with Gasteiger partial charge in [0.15, 0.2) is 0 Å². The molecule has 0 aromatic carbocycles. The third-order valence-electron chi connectivity index (χ3n) is 4.86. The molecule has 2 aromatic heterocycles. The van der Waals surface area contributed by atoms with Gasteiger partial charge in [-0.05, 0) is 50.5 Å². The van der Waals surface area contributed by atoms with Crippen LogP contribution in [0, 0.1) is 3.57 Å². The molecule has 0 unspecified atom stereocenters. The summed E-state index contributed by atoms with van der Waals surface area (Å²) in [5.74, 6) is 0. The summed E-state index contributed by atoms with van der Waals surface area (Å²) in [5.41, 5.74) is 3.21. The van der Waals surface area contributed by atoms with Crippen LogP contribution in [0.25, 0.3) is 11.0 Å². The molecule has 0 radical (unpaired) electrons. The van der Waals surface area contributed by atoms with Crippen molar-refractivity contribution in [2.24, 2.45) is 0 Å². The lowest BCUT2D eigenvalue weighted by Gasteiger charge is -2.44. The van der Waals surface area contributed by atoms with E-state index in [0.29, 0.717) is 0 Å². The molecule has 110 valence electrons. The Morgan fingerprint density at radius 1 is 1.05 bits per heavy atom. The molecule has 20 heavy (non-hydrogen) atoms. The van der Waals surface area contributed by atoms with Crippen LogP contribution in [0.4, 0.5) is 0 Å². The zero-order chi connectivity index (χ0) is 15.1. The lowest BCUT2D eigenvalue weighted by Crippen LogP contribution is -2.56. The van der Waals surface area contributed by atoms with Gasteiger partial charge in [-0.3, -0.25) is 0 Å². The summed E-state index contributed by atoms with van der Waals surface area (Å²) in [6, 6.07) is 2.30. The fraction of sp³-hybridized carbons (Fsp3) is 0.562. The Labute approximate surface area is 136 Å². The van der Waals surface area contributed by atoms with Crippen molar-refractivity contribution in [3.8, 4) is 0 Å². The molecule has 0 saturated carbocycles. The zero-order valence-electron chi connectivity index (χ0n) is 13.3. The molecule has 0 aliphatic heterocycles. The highest BCUT2D eigenvalue weighted by atomic mass is 127. The largest absolute Gasteiger partial charge is 0.345 e. The molecule has 0 atom stereocenters. The third-order valence-corrected chi connectivity index (χ3v) is 12.8. The van der Waals surface area contributed by atoms with Crippen LogP contribution >= 0.6 is 22.6 Å². The van der Waals surface area contributed by atoms with E-state index in [1.807, 2.05) is 6.20 Å².